The molecule has 1 aromatic carbocycles. The predicted molar refractivity (Wildman–Crippen MR) is 121 cm³/mol. The molecule has 2 heterocycles. The number of aromatic hydroxyl groups is 1. The number of rotatable bonds is 6. The third-order valence-electron chi connectivity index (χ3n) is 4.97. The number of benzene rings is 1. The van der Waals surface area contributed by atoms with Gasteiger partial charge in [-0.05, 0) is 31.9 Å². The van der Waals surface area contributed by atoms with Gasteiger partial charge < -0.3 is 14.9 Å². The molecule has 0 radical (unpaired) electrons. The summed E-state index contributed by atoms with van der Waals surface area (Å²) in [5.41, 5.74) is -1.26. The van der Waals surface area contributed by atoms with Crippen molar-refractivity contribution in [1.29, 1.82) is 0 Å². The SMILES string of the molecule is Cc1nn(-c2cc(Cl)c(Oc3cc(S(=O)(=O)N[C@H]4C[C@H](O)C4)c(O)cn3)c(Cl)c2)c(=O)[nH]c1=O. The van der Waals surface area contributed by atoms with Crippen molar-refractivity contribution < 1.29 is 23.4 Å². The Balaban J connectivity index is 1.65. The van der Waals surface area contributed by atoms with Crippen molar-refractivity contribution in [2.75, 3.05) is 0 Å². The molecule has 0 bridgehead atoms. The third-order valence-corrected chi connectivity index (χ3v) is 7.08. The zero-order valence-corrected chi connectivity index (χ0v) is 19.6. The summed E-state index contributed by atoms with van der Waals surface area (Å²) >= 11 is 12.5. The van der Waals surface area contributed by atoms with Gasteiger partial charge in [-0.3, -0.25) is 9.78 Å². The largest absolute Gasteiger partial charge is 0.505 e. The Kier molecular flexibility index (Phi) is 6.40. The van der Waals surface area contributed by atoms with Crippen LogP contribution in [0, 0.1) is 6.92 Å². The quantitative estimate of drug-likeness (QED) is 0.365. The monoisotopic (exact) mass is 529 g/mol. The number of aromatic nitrogens is 4. The number of nitrogens with zero attached hydrogens (tertiary/aromatic N) is 3. The Labute approximate surface area is 201 Å². The molecule has 3 aromatic rings. The number of aliphatic hydroxyl groups is 1. The molecule has 1 aliphatic carbocycles. The normalized spacial score (nSPS) is 17.9. The van der Waals surface area contributed by atoms with Gasteiger partial charge >= 0.3 is 5.69 Å². The average molecular weight is 530 g/mol. The Hall–Kier alpha value is -2.97. The number of nitrogens with one attached hydrogen (secondary N) is 2. The second-order valence-electron chi connectivity index (χ2n) is 7.53. The van der Waals surface area contributed by atoms with Crippen molar-refractivity contribution in [3.8, 4) is 23.1 Å². The maximum Gasteiger partial charge on any atom is 0.349 e. The Morgan fingerprint density at radius 2 is 1.85 bits per heavy atom. The second-order valence-corrected chi connectivity index (χ2v) is 10.0. The van der Waals surface area contributed by atoms with Crippen LogP contribution < -0.4 is 20.7 Å². The van der Waals surface area contributed by atoms with Gasteiger partial charge in [-0.2, -0.15) is 9.78 Å². The lowest BCUT2D eigenvalue weighted by Gasteiger charge is -2.31. The average Bonchev–Trinajstić information content (AvgIpc) is 2.73. The van der Waals surface area contributed by atoms with Crippen molar-refractivity contribution in [3.05, 3.63) is 61.0 Å². The van der Waals surface area contributed by atoms with Crippen LogP contribution in [0.4, 0.5) is 0 Å². The maximum absolute atomic E-state index is 12.6. The number of aromatic amines is 1. The summed E-state index contributed by atoms with van der Waals surface area (Å²) in [7, 11) is -4.14. The summed E-state index contributed by atoms with van der Waals surface area (Å²) in [5, 5.41) is 23.1. The van der Waals surface area contributed by atoms with E-state index >= 15 is 0 Å². The van der Waals surface area contributed by atoms with Gasteiger partial charge in [0.25, 0.3) is 5.56 Å². The molecular weight excluding hydrogens is 513 g/mol. The van der Waals surface area contributed by atoms with Crippen LogP contribution >= 0.6 is 23.2 Å². The third kappa shape index (κ3) is 4.79. The summed E-state index contributed by atoms with van der Waals surface area (Å²) in [6, 6.07) is 3.14. The van der Waals surface area contributed by atoms with Gasteiger partial charge in [-0.15, -0.1) is 0 Å². The van der Waals surface area contributed by atoms with Crippen molar-refractivity contribution in [2.45, 2.75) is 36.8 Å². The molecular formula is C19H17Cl2N5O7S. The number of pyridine rings is 1. The first-order valence-electron chi connectivity index (χ1n) is 9.71. The number of aliphatic hydroxyl groups excluding tert-OH is 1. The molecule has 0 aliphatic heterocycles. The van der Waals surface area contributed by atoms with E-state index in [0.717, 1.165) is 16.9 Å². The molecule has 12 nitrogen and oxygen atoms in total. The van der Waals surface area contributed by atoms with Crippen molar-refractivity contribution >= 4 is 33.2 Å². The van der Waals surface area contributed by atoms with Crippen LogP contribution in [0.1, 0.15) is 18.5 Å². The first kappa shape index (κ1) is 24.2. The van der Waals surface area contributed by atoms with Gasteiger partial charge in [-0.1, -0.05) is 23.2 Å². The highest BCUT2D eigenvalue weighted by atomic mass is 35.5. The minimum absolute atomic E-state index is 0.0409. The van der Waals surface area contributed by atoms with E-state index in [2.05, 4.69) is 19.8 Å². The Bertz CT molecular complexity index is 1480. The van der Waals surface area contributed by atoms with Crippen LogP contribution in [0.2, 0.25) is 10.0 Å². The molecule has 34 heavy (non-hydrogen) atoms. The lowest BCUT2D eigenvalue weighted by Crippen LogP contribution is -2.46. The fourth-order valence-corrected chi connectivity index (χ4v) is 5.07. The molecule has 0 amide bonds. The van der Waals surface area contributed by atoms with Gasteiger partial charge in [0, 0.05) is 12.1 Å². The Morgan fingerprint density at radius 3 is 2.47 bits per heavy atom. The van der Waals surface area contributed by atoms with Gasteiger partial charge in [-0.25, -0.2) is 22.9 Å². The summed E-state index contributed by atoms with van der Waals surface area (Å²) in [5.74, 6) is -0.942. The first-order chi connectivity index (χ1) is 15.9. The standard InChI is InChI=1S/C19H17Cl2N5O7S/c1-8-18(29)23-19(30)26(24-8)10-4-12(20)17(13(21)5-10)33-16-6-15(14(28)7-22-16)34(31,32)25-9-2-11(27)3-9/h4-7,9,11,25,27-28H,2-3H2,1H3,(H,23,29,30)/t9-,11-. The maximum atomic E-state index is 12.6. The lowest BCUT2D eigenvalue weighted by atomic mass is 9.91. The molecule has 15 heteroatoms. The summed E-state index contributed by atoms with van der Waals surface area (Å²) < 4.78 is 34.1. The molecule has 0 saturated heterocycles. The first-order valence-corrected chi connectivity index (χ1v) is 12.0. The number of aryl methyl sites for hydroxylation is 1. The van der Waals surface area contributed by atoms with E-state index in [4.69, 9.17) is 27.9 Å². The van der Waals surface area contributed by atoms with Crippen LogP contribution in [-0.4, -0.2) is 50.5 Å². The zero-order chi connectivity index (χ0) is 24.8. The van der Waals surface area contributed by atoms with Crippen LogP contribution in [0.3, 0.4) is 0 Å². The van der Waals surface area contributed by atoms with E-state index in [1.165, 1.54) is 19.1 Å². The van der Waals surface area contributed by atoms with Gasteiger partial charge in [0.1, 0.15) is 10.6 Å². The highest BCUT2D eigenvalue weighted by Gasteiger charge is 2.32. The van der Waals surface area contributed by atoms with E-state index in [-0.39, 0.29) is 45.9 Å². The van der Waals surface area contributed by atoms with Crippen LogP contribution in [0.5, 0.6) is 17.4 Å². The van der Waals surface area contributed by atoms with Crippen molar-refractivity contribution in [2.24, 2.45) is 0 Å². The molecule has 1 aliphatic rings. The summed E-state index contributed by atoms with van der Waals surface area (Å²) in [6.07, 6.45) is 0.843. The van der Waals surface area contributed by atoms with Gasteiger partial charge in [0.2, 0.25) is 15.9 Å². The molecule has 1 saturated carbocycles. The molecule has 4 rings (SSSR count). The Morgan fingerprint density at radius 1 is 1.21 bits per heavy atom. The molecule has 0 spiro atoms. The number of H-pyrrole nitrogens is 1. The van der Waals surface area contributed by atoms with E-state index in [1.807, 2.05) is 0 Å². The molecule has 0 unspecified atom stereocenters. The molecule has 0 atom stereocenters. The highest BCUT2D eigenvalue weighted by molar-refractivity contribution is 7.89. The van der Waals surface area contributed by atoms with E-state index in [1.54, 1.807) is 0 Å². The van der Waals surface area contributed by atoms with Crippen molar-refractivity contribution in [3.63, 3.8) is 0 Å². The van der Waals surface area contributed by atoms with E-state index < -0.39 is 44.1 Å². The number of hydrogen-bond acceptors (Lipinski definition) is 9. The molecule has 1 fully saturated rings. The van der Waals surface area contributed by atoms with Crippen LogP contribution in [-0.2, 0) is 10.0 Å². The zero-order valence-electron chi connectivity index (χ0n) is 17.3. The number of hydrogen-bond donors (Lipinski definition) is 4. The van der Waals surface area contributed by atoms with Gasteiger partial charge in [0.05, 0.1) is 28.0 Å². The van der Waals surface area contributed by atoms with E-state index in [0.29, 0.717) is 0 Å². The number of ether oxygens (including phenoxy) is 1. The van der Waals surface area contributed by atoms with Gasteiger partial charge in [0.15, 0.2) is 11.5 Å². The van der Waals surface area contributed by atoms with Crippen molar-refractivity contribution in [1.82, 2.24) is 24.5 Å². The van der Waals surface area contributed by atoms with Crippen LogP contribution in [0.25, 0.3) is 5.69 Å². The smallest absolute Gasteiger partial charge is 0.349 e. The lowest BCUT2D eigenvalue weighted by molar-refractivity contribution is 0.0712. The minimum atomic E-state index is -4.14. The molecule has 180 valence electrons. The highest BCUT2D eigenvalue weighted by Crippen LogP contribution is 2.38. The topological polar surface area (TPSA) is 176 Å². The fraction of sp³-hybridized carbons (Fsp3) is 0.263. The second kappa shape index (κ2) is 9.00. The summed E-state index contributed by atoms with van der Waals surface area (Å²) in [4.78, 5) is 29.1. The predicted octanol–water partition coefficient (Wildman–Crippen LogP) is 1.23. The molecule has 2 aromatic heterocycles. The molecule has 4 N–H and O–H groups in total. The minimum Gasteiger partial charge on any atom is -0.505 e. The van der Waals surface area contributed by atoms with Crippen LogP contribution in [0.15, 0.2) is 38.9 Å². The summed E-state index contributed by atoms with van der Waals surface area (Å²) in [6.45, 7) is 1.42. The van der Waals surface area contributed by atoms with E-state index in [9.17, 15) is 28.2 Å². The fourth-order valence-electron chi connectivity index (χ4n) is 3.18. The number of sulfonamides is 1. The number of halogens is 2.